The number of rotatable bonds is 2. The van der Waals surface area contributed by atoms with E-state index >= 15 is 0 Å². The zero-order valence-corrected chi connectivity index (χ0v) is 19.2. The van der Waals surface area contributed by atoms with Gasteiger partial charge < -0.3 is 14.7 Å². The van der Waals surface area contributed by atoms with Gasteiger partial charge in [0.1, 0.15) is 0 Å². The SMILES string of the molecule is CN1C=C2CN(c3ccc4c(c3)C(=O)c3cc(N(C)C)ccc3-4)CC2C1.Cl.Cl.Cl. The minimum atomic E-state index is 0. The summed E-state index contributed by atoms with van der Waals surface area (Å²) in [6, 6.07) is 12.6. The number of anilines is 2. The van der Waals surface area contributed by atoms with Gasteiger partial charge in [0.15, 0.2) is 5.78 Å². The lowest BCUT2D eigenvalue weighted by atomic mass is 10.0. The van der Waals surface area contributed by atoms with E-state index < -0.39 is 0 Å². The smallest absolute Gasteiger partial charge is 0.194 e. The van der Waals surface area contributed by atoms with Crippen LogP contribution in [0.25, 0.3) is 11.1 Å². The number of benzene rings is 2. The summed E-state index contributed by atoms with van der Waals surface area (Å²) in [6.45, 7) is 3.12. The van der Waals surface area contributed by atoms with Crippen LogP contribution in [0.3, 0.4) is 0 Å². The Labute approximate surface area is 190 Å². The second-order valence-corrected chi connectivity index (χ2v) is 7.90. The predicted molar refractivity (Wildman–Crippen MR) is 128 cm³/mol. The molecule has 0 spiro atoms. The van der Waals surface area contributed by atoms with Crippen molar-refractivity contribution in [1.29, 1.82) is 0 Å². The molecule has 0 aromatic heterocycles. The highest BCUT2D eigenvalue weighted by atomic mass is 35.5. The molecular formula is C22H26Cl3N3O. The van der Waals surface area contributed by atoms with Gasteiger partial charge in [-0.2, -0.15) is 0 Å². The van der Waals surface area contributed by atoms with Gasteiger partial charge in [0.05, 0.1) is 0 Å². The lowest BCUT2D eigenvalue weighted by molar-refractivity contribution is 0.104. The molecule has 1 saturated heterocycles. The summed E-state index contributed by atoms with van der Waals surface area (Å²) < 4.78 is 0. The average molecular weight is 455 g/mol. The lowest BCUT2D eigenvalue weighted by Crippen LogP contribution is -2.24. The van der Waals surface area contributed by atoms with Crippen molar-refractivity contribution in [2.75, 3.05) is 50.6 Å². The molecule has 7 heteroatoms. The largest absolute Gasteiger partial charge is 0.380 e. The van der Waals surface area contributed by atoms with Crippen LogP contribution in [0.1, 0.15) is 15.9 Å². The maximum absolute atomic E-state index is 13.0. The first kappa shape index (κ1) is 23.4. The van der Waals surface area contributed by atoms with Gasteiger partial charge >= 0.3 is 0 Å². The molecule has 1 aliphatic carbocycles. The zero-order chi connectivity index (χ0) is 18.0. The summed E-state index contributed by atoms with van der Waals surface area (Å²) in [4.78, 5) is 19.7. The molecule has 1 atom stereocenters. The third-order valence-electron chi connectivity index (χ3n) is 5.90. The van der Waals surface area contributed by atoms with Crippen LogP contribution in [-0.2, 0) is 0 Å². The molecule has 0 bridgehead atoms. The van der Waals surface area contributed by atoms with E-state index in [2.05, 4.69) is 53.4 Å². The van der Waals surface area contributed by atoms with Crippen molar-refractivity contribution in [3.05, 3.63) is 59.3 Å². The molecule has 156 valence electrons. The van der Waals surface area contributed by atoms with Gasteiger partial charge in [-0.05, 0) is 41.0 Å². The molecule has 4 nitrogen and oxygen atoms in total. The monoisotopic (exact) mass is 453 g/mol. The van der Waals surface area contributed by atoms with E-state index in [4.69, 9.17) is 0 Å². The van der Waals surface area contributed by atoms with E-state index in [-0.39, 0.29) is 43.0 Å². The third kappa shape index (κ3) is 3.70. The van der Waals surface area contributed by atoms with Crippen molar-refractivity contribution in [2.24, 2.45) is 5.92 Å². The molecule has 2 aliphatic heterocycles. The fourth-order valence-electron chi connectivity index (χ4n) is 4.53. The van der Waals surface area contributed by atoms with Crippen molar-refractivity contribution >= 4 is 54.4 Å². The molecule has 2 aromatic rings. The van der Waals surface area contributed by atoms with E-state index in [1.807, 2.05) is 25.1 Å². The second-order valence-electron chi connectivity index (χ2n) is 7.90. The normalized spacial score (nSPS) is 18.1. The second kappa shape index (κ2) is 8.47. The first-order valence-corrected chi connectivity index (χ1v) is 9.17. The van der Waals surface area contributed by atoms with Gasteiger partial charge in [0, 0.05) is 75.4 Å². The number of halogens is 3. The Hall–Kier alpha value is -1.88. The Bertz CT molecular complexity index is 974. The molecule has 1 unspecified atom stereocenters. The minimum Gasteiger partial charge on any atom is -0.380 e. The molecular weight excluding hydrogens is 429 g/mol. The standard InChI is InChI=1S/C22H23N3O.3ClH/c1-23(2)16-4-6-18-19-7-5-17(9-21(19)22(26)20(18)8-16)25-12-14-10-24(3)11-15(14)13-25;;;/h4-10,15H,11-13H2,1-3H3;3*1H. The first-order chi connectivity index (χ1) is 12.5. The minimum absolute atomic E-state index is 0. The average Bonchev–Trinajstić information content (AvgIpc) is 3.25. The summed E-state index contributed by atoms with van der Waals surface area (Å²) in [5.74, 6) is 0.780. The fraction of sp³-hybridized carbons (Fsp3) is 0.318. The van der Waals surface area contributed by atoms with Crippen molar-refractivity contribution in [1.82, 2.24) is 4.90 Å². The summed E-state index contributed by atoms with van der Waals surface area (Å²) >= 11 is 0. The molecule has 3 aliphatic rings. The van der Waals surface area contributed by atoms with Gasteiger partial charge in [-0.25, -0.2) is 0 Å². The van der Waals surface area contributed by atoms with Crippen molar-refractivity contribution in [3.63, 3.8) is 0 Å². The van der Waals surface area contributed by atoms with E-state index in [1.54, 1.807) is 0 Å². The quantitative estimate of drug-likeness (QED) is 0.570. The van der Waals surface area contributed by atoms with Crippen LogP contribution >= 0.6 is 37.2 Å². The topological polar surface area (TPSA) is 26.8 Å². The molecule has 5 rings (SSSR count). The van der Waals surface area contributed by atoms with Gasteiger partial charge in [-0.3, -0.25) is 4.79 Å². The Morgan fingerprint density at radius 2 is 1.55 bits per heavy atom. The number of hydrogen-bond donors (Lipinski definition) is 0. The molecule has 2 heterocycles. The van der Waals surface area contributed by atoms with E-state index in [0.717, 1.165) is 53.3 Å². The molecule has 0 radical (unpaired) electrons. The van der Waals surface area contributed by atoms with Crippen LogP contribution in [0.2, 0.25) is 0 Å². The number of ketones is 1. The number of hydrogen-bond acceptors (Lipinski definition) is 4. The van der Waals surface area contributed by atoms with E-state index in [1.165, 1.54) is 5.57 Å². The lowest BCUT2D eigenvalue weighted by Gasteiger charge is -2.21. The van der Waals surface area contributed by atoms with Gasteiger partial charge in [0.2, 0.25) is 0 Å². The molecule has 0 amide bonds. The van der Waals surface area contributed by atoms with Crippen LogP contribution in [0, 0.1) is 5.92 Å². The number of fused-ring (bicyclic) bond motifs is 4. The number of carbonyl (C=O) groups excluding carboxylic acids is 1. The maximum atomic E-state index is 13.0. The summed E-state index contributed by atoms with van der Waals surface area (Å²) in [6.07, 6.45) is 2.28. The van der Waals surface area contributed by atoms with Gasteiger partial charge in [-0.15, -0.1) is 37.2 Å². The van der Waals surface area contributed by atoms with Crippen molar-refractivity contribution in [3.8, 4) is 11.1 Å². The third-order valence-corrected chi connectivity index (χ3v) is 5.90. The van der Waals surface area contributed by atoms with E-state index in [0.29, 0.717) is 5.92 Å². The molecule has 0 N–H and O–H groups in total. The number of nitrogens with zero attached hydrogens (tertiary/aromatic N) is 3. The highest BCUT2D eigenvalue weighted by molar-refractivity contribution is 6.22. The van der Waals surface area contributed by atoms with Gasteiger partial charge in [0.25, 0.3) is 0 Å². The molecule has 0 saturated carbocycles. The van der Waals surface area contributed by atoms with Crippen LogP contribution in [0.4, 0.5) is 11.4 Å². The van der Waals surface area contributed by atoms with Gasteiger partial charge in [-0.1, -0.05) is 12.1 Å². The van der Waals surface area contributed by atoms with Crippen LogP contribution in [-0.4, -0.2) is 51.5 Å². The van der Waals surface area contributed by atoms with Crippen molar-refractivity contribution in [2.45, 2.75) is 0 Å². The Morgan fingerprint density at radius 3 is 2.21 bits per heavy atom. The number of carbonyl (C=O) groups is 1. The maximum Gasteiger partial charge on any atom is 0.194 e. The molecule has 29 heavy (non-hydrogen) atoms. The van der Waals surface area contributed by atoms with Crippen LogP contribution in [0.5, 0.6) is 0 Å². The van der Waals surface area contributed by atoms with Crippen molar-refractivity contribution < 1.29 is 4.79 Å². The molecule has 2 aromatic carbocycles. The first-order valence-electron chi connectivity index (χ1n) is 9.17. The predicted octanol–water partition coefficient (Wildman–Crippen LogP) is 4.49. The Kier molecular flexibility index (Phi) is 6.83. The summed E-state index contributed by atoms with van der Waals surface area (Å²) in [7, 11) is 6.15. The zero-order valence-electron chi connectivity index (χ0n) is 16.7. The highest BCUT2D eigenvalue weighted by Crippen LogP contribution is 2.41. The highest BCUT2D eigenvalue weighted by Gasteiger charge is 2.33. The Morgan fingerprint density at radius 1 is 0.897 bits per heavy atom. The Balaban J connectivity index is 0.000001000. The van der Waals surface area contributed by atoms with Crippen LogP contribution in [0.15, 0.2) is 48.2 Å². The molecule has 1 fully saturated rings. The fourth-order valence-corrected chi connectivity index (χ4v) is 4.53. The van der Waals surface area contributed by atoms with E-state index in [9.17, 15) is 4.79 Å². The summed E-state index contributed by atoms with van der Waals surface area (Å²) in [5.41, 5.74) is 7.53. The summed E-state index contributed by atoms with van der Waals surface area (Å²) in [5, 5.41) is 0. The van der Waals surface area contributed by atoms with Crippen LogP contribution < -0.4 is 9.80 Å².